The van der Waals surface area contributed by atoms with Crippen LogP contribution >= 0.6 is 15.9 Å². The second-order valence-corrected chi connectivity index (χ2v) is 6.89. The van der Waals surface area contributed by atoms with Gasteiger partial charge in [-0.05, 0) is 31.2 Å². The van der Waals surface area contributed by atoms with Crippen LogP contribution in [-0.4, -0.2) is 16.4 Å². The first kappa shape index (κ1) is 13.2. The number of nitrogen functional groups attached to an aromatic ring is 1. The maximum Gasteiger partial charge on any atom is 0.227 e. The van der Waals surface area contributed by atoms with E-state index in [1.807, 2.05) is 24.3 Å². The standard InChI is InChI=1S/C15H15BrN2O2/c1-15(16)6-5-13-11(8-15)18-14(20-13)9-3-4-12(19-2)10(17)7-9/h3-7H,8,17H2,1-2H3. The van der Waals surface area contributed by atoms with Crippen molar-refractivity contribution in [1.82, 2.24) is 4.98 Å². The molecule has 2 N–H and O–H groups in total. The largest absolute Gasteiger partial charge is 0.495 e. The van der Waals surface area contributed by atoms with Gasteiger partial charge in [-0.15, -0.1) is 0 Å². The second-order valence-electron chi connectivity index (χ2n) is 5.07. The molecule has 20 heavy (non-hydrogen) atoms. The summed E-state index contributed by atoms with van der Waals surface area (Å²) in [6.45, 7) is 2.10. The Morgan fingerprint density at radius 1 is 1.45 bits per heavy atom. The van der Waals surface area contributed by atoms with E-state index in [1.54, 1.807) is 7.11 Å². The molecule has 1 aliphatic rings. The number of fused-ring (bicyclic) bond motifs is 1. The zero-order valence-corrected chi connectivity index (χ0v) is 12.9. The molecule has 1 aromatic heterocycles. The highest BCUT2D eigenvalue weighted by Gasteiger charge is 2.26. The van der Waals surface area contributed by atoms with E-state index in [1.165, 1.54) is 0 Å². The summed E-state index contributed by atoms with van der Waals surface area (Å²) < 4.78 is 10.9. The maximum absolute atomic E-state index is 5.92. The number of aromatic nitrogens is 1. The average Bonchev–Trinajstić information content (AvgIpc) is 2.80. The van der Waals surface area contributed by atoms with E-state index in [0.29, 0.717) is 17.3 Å². The molecule has 1 unspecified atom stereocenters. The number of benzene rings is 1. The van der Waals surface area contributed by atoms with Gasteiger partial charge < -0.3 is 14.9 Å². The number of alkyl halides is 1. The van der Waals surface area contributed by atoms with E-state index in [4.69, 9.17) is 14.9 Å². The minimum Gasteiger partial charge on any atom is -0.495 e. The van der Waals surface area contributed by atoms with Crippen LogP contribution in [0, 0.1) is 0 Å². The number of nitrogens with two attached hydrogens (primary N) is 1. The van der Waals surface area contributed by atoms with E-state index in [2.05, 4.69) is 33.9 Å². The highest BCUT2D eigenvalue weighted by molar-refractivity contribution is 9.10. The Hall–Kier alpha value is -1.75. The summed E-state index contributed by atoms with van der Waals surface area (Å²) in [5.41, 5.74) is 8.29. The van der Waals surface area contributed by atoms with Crippen LogP contribution in [0.25, 0.3) is 17.5 Å². The lowest BCUT2D eigenvalue weighted by Gasteiger charge is -2.19. The molecular formula is C15H15BrN2O2. The average molecular weight is 335 g/mol. The molecule has 0 radical (unpaired) electrons. The zero-order chi connectivity index (χ0) is 14.3. The maximum atomic E-state index is 5.92. The molecule has 0 aliphatic heterocycles. The topological polar surface area (TPSA) is 61.3 Å². The molecular weight excluding hydrogens is 320 g/mol. The van der Waals surface area contributed by atoms with Crippen molar-refractivity contribution in [2.24, 2.45) is 0 Å². The summed E-state index contributed by atoms with van der Waals surface area (Å²) in [7, 11) is 1.59. The summed E-state index contributed by atoms with van der Waals surface area (Å²) in [6.07, 6.45) is 4.83. The molecule has 3 rings (SSSR count). The molecule has 0 spiro atoms. The summed E-state index contributed by atoms with van der Waals surface area (Å²) in [5, 5.41) is 0. The number of ether oxygens (including phenoxy) is 1. The molecule has 1 aliphatic carbocycles. The Bertz CT molecular complexity index is 689. The van der Waals surface area contributed by atoms with Crippen LogP contribution in [0.15, 0.2) is 28.7 Å². The van der Waals surface area contributed by atoms with Gasteiger partial charge in [0.2, 0.25) is 5.89 Å². The fourth-order valence-corrected chi connectivity index (χ4v) is 2.64. The SMILES string of the molecule is COc1ccc(-c2nc3c(o2)C=CC(C)(Br)C3)cc1N. The first-order valence-electron chi connectivity index (χ1n) is 6.30. The van der Waals surface area contributed by atoms with Gasteiger partial charge in [-0.25, -0.2) is 4.98 Å². The summed E-state index contributed by atoms with van der Waals surface area (Å²) >= 11 is 3.65. The third-order valence-corrected chi connectivity index (χ3v) is 3.84. The Labute approximate surface area is 125 Å². The Morgan fingerprint density at radius 3 is 2.95 bits per heavy atom. The number of methoxy groups -OCH3 is 1. The molecule has 0 saturated heterocycles. The molecule has 1 heterocycles. The third-order valence-electron chi connectivity index (χ3n) is 3.30. The highest BCUT2D eigenvalue weighted by atomic mass is 79.9. The number of oxazole rings is 1. The summed E-state index contributed by atoms with van der Waals surface area (Å²) in [5.74, 6) is 2.04. The van der Waals surface area contributed by atoms with Crippen LogP contribution < -0.4 is 10.5 Å². The van der Waals surface area contributed by atoms with Crippen molar-refractivity contribution in [1.29, 1.82) is 0 Å². The lowest BCUT2D eigenvalue weighted by Crippen LogP contribution is -2.18. The van der Waals surface area contributed by atoms with Gasteiger partial charge in [-0.2, -0.15) is 0 Å². The molecule has 0 saturated carbocycles. The number of hydrogen-bond donors (Lipinski definition) is 1. The molecule has 104 valence electrons. The first-order chi connectivity index (χ1) is 9.48. The van der Waals surface area contributed by atoms with Gasteiger partial charge in [0, 0.05) is 16.3 Å². The van der Waals surface area contributed by atoms with E-state index in [0.717, 1.165) is 23.4 Å². The molecule has 0 fully saturated rings. The first-order valence-corrected chi connectivity index (χ1v) is 7.09. The number of nitrogens with zero attached hydrogens (tertiary/aromatic N) is 1. The number of halogens is 1. The monoisotopic (exact) mass is 334 g/mol. The van der Waals surface area contributed by atoms with E-state index in [9.17, 15) is 0 Å². The fourth-order valence-electron chi connectivity index (χ4n) is 2.25. The summed E-state index contributed by atoms with van der Waals surface area (Å²) in [6, 6.07) is 5.52. The van der Waals surface area contributed by atoms with Crippen LogP contribution in [0.3, 0.4) is 0 Å². The van der Waals surface area contributed by atoms with Crippen molar-refractivity contribution in [3.05, 3.63) is 35.7 Å². The molecule has 0 amide bonds. The van der Waals surface area contributed by atoms with E-state index >= 15 is 0 Å². The van der Waals surface area contributed by atoms with Crippen molar-refractivity contribution < 1.29 is 9.15 Å². The van der Waals surface area contributed by atoms with Crippen molar-refractivity contribution in [2.45, 2.75) is 17.7 Å². The van der Waals surface area contributed by atoms with Crippen LogP contribution in [-0.2, 0) is 6.42 Å². The van der Waals surface area contributed by atoms with E-state index < -0.39 is 0 Å². The van der Waals surface area contributed by atoms with Gasteiger partial charge in [-0.1, -0.05) is 22.0 Å². The van der Waals surface area contributed by atoms with Crippen molar-refractivity contribution in [2.75, 3.05) is 12.8 Å². The zero-order valence-electron chi connectivity index (χ0n) is 11.3. The molecule has 0 bridgehead atoms. The van der Waals surface area contributed by atoms with Gasteiger partial charge in [0.05, 0.1) is 18.5 Å². The van der Waals surface area contributed by atoms with Crippen molar-refractivity contribution >= 4 is 27.7 Å². The van der Waals surface area contributed by atoms with Crippen LogP contribution in [0.2, 0.25) is 0 Å². The fraction of sp³-hybridized carbons (Fsp3) is 0.267. The molecule has 1 atom stereocenters. The number of rotatable bonds is 2. The molecule has 1 aromatic carbocycles. The van der Waals surface area contributed by atoms with Crippen molar-refractivity contribution in [3.63, 3.8) is 0 Å². The van der Waals surface area contributed by atoms with Crippen molar-refractivity contribution in [3.8, 4) is 17.2 Å². The van der Waals surface area contributed by atoms with Gasteiger partial charge >= 0.3 is 0 Å². The minimum absolute atomic E-state index is 0.0624. The predicted molar refractivity (Wildman–Crippen MR) is 83.0 cm³/mol. The lowest BCUT2D eigenvalue weighted by atomic mass is 9.99. The molecule has 5 heteroatoms. The lowest BCUT2D eigenvalue weighted by molar-refractivity contribution is 0.417. The second kappa shape index (κ2) is 4.66. The smallest absolute Gasteiger partial charge is 0.227 e. The quantitative estimate of drug-likeness (QED) is 0.672. The van der Waals surface area contributed by atoms with Crippen LogP contribution in [0.4, 0.5) is 5.69 Å². The molecule has 2 aromatic rings. The number of allylic oxidation sites excluding steroid dienone is 1. The Kier molecular flexibility index (Phi) is 3.09. The Morgan fingerprint density at radius 2 is 2.25 bits per heavy atom. The molecule has 4 nitrogen and oxygen atoms in total. The third kappa shape index (κ3) is 2.33. The predicted octanol–water partition coefficient (Wildman–Crippen LogP) is 3.66. The minimum atomic E-state index is -0.0624. The van der Waals surface area contributed by atoms with Crippen LogP contribution in [0.5, 0.6) is 5.75 Å². The number of anilines is 1. The highest BCUT2D eigenvalue weighted by Crippen LogP contribution is 2.35. The van der Waals surface area contributed by atoms with Gasteiger partial charge in [0.15, 0.2) is 5.76 Å². The normalized spacial score (nSPS) is 20.8. The van der Waals surface area contributed by atoms with Gasteiger partial charge in [0.25, 0.3) is 0 Å². The summed E-state index contributed by atoms with van der Waals surface area (Å²) in [4.78, 5) is 4.57. The van der Waals surface area contributed by atoms with Crippen LogP contribution in [0.1, 0.15) is 18.4 Å². The Balaban J connectivity index is 1.99. The van der Waals surface area contributed by atoms with Gasteiger partial charge in [0.1, 0.15) is 5.75 Å². The van der Waals surface area contributed by atoms with Gasteiger partial charge in [-0.3, -0.25) is 0 Å². The number of hydrogen-bond acceptors (Lipinski definition) is 4. The van der Waals surface area contributed by atoms with E-state index in [-0.39, 0.29) is 4.32 Å².